The highest BCUT2D eigenvalue weighted by Crippen LogP contribution is 2.31. The Morgan fingerprint density at radius 1 is 1.05 bits per heavy atom. The number of aromatic nitrogens is 2. The van der Waals surface area contributed by atoms with Crippen LogP contribution in [-0.4, -0.2) is 52.1 Å². The number of nitrogens with zero attached hydrogens (tertiary/aromatic N) is 2. The van der Waals surface area contributed by atoms with Gasteiger partial charge in [0.15, 0.2) is 6.61 Å². The van der Waals surface area contributed by atoms with Crippen molar-refractivity contribution in [3.05, 3.63) is 94.4 Å². The summed E-state index contributed by atoms with van der Waals surface area (Å²) in [6, 6.07) is 16.7. The molecule has 0 aliphatic heterocycles. The van der Waals surface area contributed by atoms with Crippen molar-refractivity contribution in [1.29, 1.82) is 0 Å². The molecule has 2 aromatic heterocycles. The largest absolute Gasteiger partial charge is 0.497 e. The van der Waals surface area contributed by atoms with E-state index in [9.17, 15) is 19.2 Å². The molecule has 2 aromatic carbocycles. The fourth-order valence-electron chi connectivity index (χ4n) is 3.64. The SMILES string of the molecule is COc1ccc2c(c1)c(CC(=O)OCC(=O)O)c(C)n2C(=O)c1ccc(Cl)cc1.NC(=O)c1ccccn1. The van der Waals surface area contributed by atoms with Gasteiger partial charge in [0.1, 0.15) is 11.4 Å². The number of hydrogen-bond acceptors (Lipinski definition) is 7. The second-order valence-corrected chi connectivity index (χ2v) is 8.34. The van der Waals surface area contributed by atoms with Gasteiger partial charge in [0, 0.05) is 27.9 Å². The van der Waals surface area contributed by atoms with E-state index >= 15 is 0 Å². The van der Waals surface area contributed by atoms with Crippen LogP contribution in [0.4, 0.5) is 0 Å². The molecule has 4 rings (SSSR count). The maximum Gasteiger partial charge on any atom is 0.341 e. The number of carbonyl (C=O) groups is 4. The molecule has 0 fully saturated rings. The highest BCUT2D eigenvalue weighted by molar-refractivity contribution is 6.30. The Balaban J connectivity index is 0.000000375. The van der Waals surface area contributed by atoms with Gasteiger partial charge in [0.2, 0.25) is 0 Å². The van der Waals surface area contributed by atoms with Crippen LogP contribution in [0, 0.1) is 6.92 Å². The number of amides is 1. The van der Waals surface area contributed by atoms with E-state index in [1.165, 1.54) is 17.9 Å². The first-order valence-corrected chi connectivity index (χ1v) is 11.6. The topological polar surface area (TPSA) is 151 Å². The summed E-state index contributed by atoms with van der Waals surface area (Å²) in [4.78, 5) is 50.0. The van der Waals surface area contributed by atoms with Crippen molar-refractivity contribution in [1.82, 2.24) is 9.55 Å². The highest BCUT2D eigenvalue weighted by Gasteiger charge is 2.22. The molecule has 0 aliphatic rings. The van der Waals surface area contributed by atoms with Gasteiger partial charge in [-0.25, -0.2) is 4.79 Å². The van der Waals surface area contributed by atoms with Crippen molar-refractivity contribution in [3.8, 4) is 5.75 Å². The molecule has 11 heteroatoms. The van der Waals surface area contributed by atoms with E-state index in [4.69, 9.17) is 31.9 Å². The summed E-state index contributed by atoms with van der Waals surface area (Å²) in [5, 5.41) is 9.86. The lowest BCUT2D eigenvalue weighted by Gasteiger charge is -2.08. The van der Waals surface area contributed by atoms with Crippen LogP contribution in [0.25, 0.3) is 10.9 Å². The summed E-state index contributed by atoms with van der Waals surface area (Å²) in [6.45, 7) is 1.00. The normalized spacial score (nSPS) is 10.3. The lowest BCUT2D eigenvalue weighted by molar-refractivity contribution is -0.154. The first-order chi connectivity index (χ1) is 18.1. The van der Waals surface area contributed by atoms with E-state index in [0.717, 1.165) is 0 Å². The molecule has 4 aromatic rings. The van der Waals surface area contributed by atoms with Gasteiger partial charge in [-0.15, -0.1) is 0 Å². The number of nitrogens with two attached hydrogens (primary N) is 1. The van der Waals surface area contributed by atoms with Crippen molar-refractivity contribution in [2.75, 3.05) is 13.7 Å². The lowest BCUT2D eigenvalue weighted by Crippen LogP contribution is -2.16. The predicted octanol–water partition coefficient (Wildman–Crippen LogP) is 3.65. The van der Waals surface area contributed by atoms with Crippen molar-refractivity contribution in [3.63, 3.8) is 0 Å². The molecule has 1 amide bonds. The zero-order valence-corrected chi connectivity index (χ0v) is 21.3. The van der Waals surface area contributed by atoms with E-state index in [2.05, 4.69) is 4.98 Å². The van der Waals surface area contributed by atoms with Crippen LogP contribution in [0.3, 0.4) is 0 Å². The van der Waals surface area contributed by atoms with E-state index in [1.807, 2.05) is 0 Å². The number of carboxylic acids is 1. The Morgan fingerprint density at radius 3 is 2.32 bits per heavy atom. The number of carbonyl (C=O) groups excluding carboxylic acids is 3. The Morgan fingerprint density at radius 2 is 1.76 bits per heavy atom. The van der Waals surface area contributed by atoms with E-state index in [-0.39, 0.29) is 12.3 Å². The Hall–Kier alpha value is -4.70. The molecular weight excluding hydrogens is 514 g/mol. The molecule has 0 atom stereocenters. The Kier molecular flexibility index (Phi) is 9.18. The van der Waals surface area contributed by atoms with Crippen molar-refractivity contribution < 1.29 is 33.8 Å². The number of ether oxygens (including phenoxy) is 2. The summed E-state index contributed by atoms with van der Waals surface area (Å²) in [6.07, 6.45) is 1.35. The van der Waals surface area contributed by atoms with Crippen LogP contribution in [0.5, 0.6) is 5.75 Å². The molecule has 0 saturated carbocycles. The second-order valence-electron chi connectivity index (χ2n) is 7.90. The maximum absolute atomic E-state index is 13.2. The summed E-state index contributed by atoms with van der Waals surface area (Å²) >= 11 is 5.91. The highest BCUT2D eigenvalue weighted by atomic mass is 35.5. The number of pyridine rings is 1. The number of halogens is 1. The molecule has 0 radical (unpaired) electrons. The molecule has 38 heavy (non-hydrogen) atoms. The van der Waals surface area contributed by atoms with Crippen molar-refractivity contribution in [2.45, 2.75) is 13.3 Å². The van der Waals surface area contributed by atoms with Crippen LogP contribution in [0.15, 0.2) is 66.9 Å². The monoisotopic (exact) mass is 537 g/mol. The van der Waals surface area contributed by atoms with Gasteiger partial charge in [-0.3, -0.25) is 23.9 Å². The number of esters is 1. The van der Waals surface area contributed by atoms with Crippen LogP contribution < -0.4 is 10.5 Å². The third kappa shape index (κ3) is 6.74. The number of primary amides is 1. The zero-order valence-electron chi connectivity index (χ0n) is 20.5. The van der Waals surface area contributed by atoms with E-state index in [0.29, 0.717) is 44.2 Å². The Bertz CT molecular complexity index is 1480. The van der Waals surface area contributed by atoms with Crippen LogP contribution in [0.2, 0.25) is 5.02 Å². The smallest absolute Gasteiger partial charge is 0.341 e. The molecule has 10 nitrogen and oxygen atoms in total. The van der Waals surface area contributed by atoms with Gasteiger partial charge in [0.25, 0.3) is 11.8 Å². The second kappa shape index (κ2) is 12.5. The predicted molar refractivity (Wildman–Crippen MR) is 139 cm³/mol. The summed E-state index contributed by atoms with van der Waals surface area (Å²) in [5.41, 5.74) is 7.37. The van der Waals surface area contributed by atoms with Crippen LogP contribution >= 0.6 is 11.6 Å². The molecule has 0 saturated heterocycles. The summed E-state index contributed by atoms with van der Waals surface area (Å²) < 4.78 is 11.5. The fourth-order valence-corrected chi connectivity index (χ4v) is 3.77. The standard InChI is InChI=1S/C21H18ClNO6.C6H6N2O/c1-12-16(10-20(26)29-11-19(24)25)17-9-15(28-2)7-8-18(17)23(12)21(27)13-3-5-14(22)6-4-13;7-6(9)5-3-1-2-4-8-5/h3-9H,10-11H2,1-2H3,(H,24,25);1-4H,(H2,7,9). The number of benzene rings is 2. The van der Waals surface area contributed by atoms with Gasteiger partial charge in [-0.2, -0.15) is 0 Å². The third-order valence-electron chi connectivity index (χ3n) is 5.43. The van der Waals surface area contributed by atoms with E-state index < -0.39 is 24.5 Å². The molecule has 2 heterocycles. The van der Waals surface area contributed by atoms with Gasteiger partial charge in [-0.1, -0.05) is 17.7 Å². The molecule has 3 N–H and O–H groups in total. The molecule has 0 bridgehead atoms. The fraction of sp³-hybridized carbons (Fsp3) is 0.148. The number of rotatable bonds is 7. The molecule has 0 aliphatic carbocycles. The summed E-state index contributed by atoms with van der Waals surface area (Å²) in [7, 11) is 1.52. The average Bonchev–Trinajstić information content (AvgIpc) is 3.18. The van der Waals surface area contributed by atoms with Crippen molar-refractivity contribution >= 4 is 46.3 Å². The van der Waals surface area contributed by atoms with Gasteiger partial charge in [-0.05, 0) is 67.1 Å². The molecule has 0 spiro atoms. The van der Waals surface area contributed by atoms with Gasteiger partial charge >= 0.3 is 11.9 Å². The number of hydrogen-bond donors (Lipinski definition) is 2. The van der Waals surface area contributed by atoms with Crippen LogP contribution in [-0.2, 0) is 20.7 Å². The first-order valence-electron chi connectivity index (χ1n) is 11.2. The van der Waals surface area contributed by atoms with E-state index in [1.54, 1.807) is 67.6 Å². The number of carboxylic acid groups (broad SMARTS) is 1. The summed E-state index contributed by atoms with van der Waals surface area (Å²) in [5.74, 6) is -2.14. The average molecular weight is 538 g/mol. The Labute approximate surface area is 222 Å². The molecule has 0 unspecified atom stereocenters. The number of methoxy groups -OCH3 is 1. The third-order valence-corrected chi connectivity index (χ3v) is 5.68. The minimum Gasteiger partial charge on any atom is -0.497 e. The number of aliphatic carboxylic acids is 1. The first kappa shape index (κ1) is 27.9. The lowest BCUT2D eigenvalue weighted by atomic mass is 10.1. The van der Waals surface area contributed by atoms with Gasteiger partial charge < -0.3 is 20.3 Å². The zero-order chi connectivity index (χ0) is 27.8. The molecular formula is C27H24ClN3O7. The van der Waals surface area contributed by atoms with Crippen LogP contribution in [0.1, 0.15) is 32.1 Å². The van der Waals surface area contributed by atoms with Crippen molar-refractivity contribution in [2.24, 2.45) is 5.73 Å². The maximum atomic E-state index is 13.2. The number of fused-ring (bicyclic) bond motifs is 1. The van der Waals surface area contributed by atoms with Gasteiger partial charge in [0.05, 0.1) is 19.0 Å². The minimum absolute atomic E-state index is 0.177. The minimum atomic E-state index is -1.24. The molecule has 196 valence electrons. The quantitative estimate of drug-likeness (QED) is 0.339.